The fourth-order valence-electron chi connectivity index (χ4n) is 0.987. The van der Waals surface area contributed by atoms with Gasteiger partial charge in [0.05, 0.1) is 0 Å². The smallest absolute Gasteiger partial charge is 0.363 e. The Labute approximate surface area is 92.0 Å². The predicted molar refractivity (Wildman–Crippen MR) is 56.4 cm³/mol. The van der Waals surface area contributed by atoms with E-state index in [4.69, 9.17) is 0 Å². The fraction of sp³-hybridized carbons (Fsp3) is 0.800. The third-order valence-electron chi connectivity index (χ3n) is 1.74. The molecule has 0 aliphatic heterocycles. The van der Waals surface area contributed by atoms with Crippen molar-refractivity contribution in [2.75, 3.05) is 0 Å². The molecule has 0 aliphatic carbocycles. The summed E-state index contributed by atoms with van der Waals surface area (Å²) in [5, 5.41) is 9.58. The first-order valence-corrected chi connectivity index (χ1v) is 5.39. The molecular weight excluding hydrogens is 254 g/mol. The normalized spacial score (nSPS) is 15.6. The first kappa shape index (κ1) is 13.9. The van der Waals surface area contributed by atoms with Crippen LogP contribution >= 0.6 is 15.9 Å². The van der Waals surface area contributed by atoms with Gasteiger partial charge in [0, 0.05) is 15.9 Å². The molecule has 0 amide bonds. The molecule has 1 unspecified atom stereocenters. The average Bonchev–Trinajstić information content (AvgIpc) is 2.00. The van der Waals surface area contributed by atoms with Crippen LogP contribution < -0.4 is 0 Å². The summed E-state index contributed by atoms with van der Waals surface area (Å²) in [5.74, 6) is 3.84. The summed E-state index contributed by atoms with van der Waals surface area (Å²) in [6.07, 6.45) is 3.23. The van der Waals surface area contributed by atoms with Crippen molar-refractivity contribution in [3.05, 3.63) is 0 Å². The lowest BCUT2D eigenvalue weighted by Gasteiger charge is -2.15. The fourth-order valence-corrected chi connectivity index (χ4v) is 1.09. The first-order chi connectivity index (χ1) is 6.27. The SMILES string of the molecule is CCCCCC(C)(O)C#CC(F)(F)Br. The van der Waals surface area contributed by atoms with Gasteiger partial charge in [-0.1, -0.05) is 25.7 Å². The Bertz CT molecular complexity index is 223. The lowest BCUT2D eigenvalue weighted by Crippen LogP contribution is -2.22. The summed E-state index contributed by atoms with van der Waals surface area (Å²) in [6, 6.07) is 0. The van der Waals surface area contributed by atoms with E-state index in [1.165, 1.54) is 6.92 Å². The van der Waals surface area contributed by atoms with Crippen LogP contribution in [-0.4, -0.2) is 15.5 Å². The number of rotatable bonds is 4. The molecular formula is C10H15BrF2O. The monoisotopic (exact) mass is 268 g/mol. The Kier molecular flexibility index (Phi) is 5.61. The average molecular weight is 269 g/mol. The quantitative estimate of drug-likeness (QED) is 0.471. The highest BCUT2D eigenvalue weighted by Gasteiger charge is 2.22. The van der Waals surface area contributed by atoms with E-state index in [1.807, 2.05) is 6.92 Å². The second kappa shape index (κ2) is 5.67. The zero-order valence-corrected chi connectivity index (χ0v) is 10.00. The molecule has 1 atom stereocenters. The van der Waals surface area contributed by atoms with E-state index in [-0.39, 0.29) is 0 Å². The molecule has 0 rings (SSSR count). The molecule has 0 aliphatic rings. The van der Waals surface area contributed by atoms with Crippen molar-refractivity contribution in [1.82, 2.24) is 0 Å². The van der Waals surface area contributed by atoms with Crippen molar-refractivity contribution >= 4 is 15.9 Å². The number of alkyl halides is 3. The third kappa shape index (κ3) is 8.46. The summed E-state index contributed by atoms with van der Waals surface area (Å²) < 4.78 is 24.5. The predicted octanol–water partition coefficient (Wildman–Crippen LogP) is 3.31. The van der Waals surface area contributed by atoms with E-state index in [9.17, 15) is 13.9 Å². The molecule has 0 saturated heterocycles. The Morgan fingerprint density at radius 3 is 2.29 bits per heavy atom. The maximum Gasteiger partial charge on any atom is 0.363 e. The molecule has 0 aromatic carbocycles. The van der Waals surface area contributed by atoms with Gasteiger partial charge in [-0.15, -0.1) is 0 Å². The Morgan fingerprint density at radius 2 is 1.86 bits per heavy atom. The highest BCUT2D eigenvalue weighted by Crippen LogP contribution is 2.21. The van der Waals surface area contributed by atoms with E-state index in [2.05, 4.69) is 21.9 Å². The Morgan fingerprint density at radius 1 is 1.29 bits per heavy atom. The van der Waals surface area contributed by atoms with Gasteiger partial charge in [-0.05, 0) is 25.7 Å². The Hall–Kier alpha value is -0.140. The van der Waals surface area contributed by atoms with Gasteiger partial charge in [-0.3, -0.25) is 0 Å². The minimum Gasteiger partial charge on any atom is -0.378 e. The zero-order valence-electron chi connectivity index (χ0n) is 8.41. The first-order valence-electron chi connectivity index (χ1n) is 4.60. The number of unbranched alkanes of at least 4 members (excludes halogenated alkanes) is 2. The Balaban J connectivity index is 4.10. The number of aliphatic hydroxyl groups is 1. The summed E-state index contributed by atoms with van der Waals surface area (Å²) in [5.41, 5.74) is -1.31. The van der Waals surface area contributed by atoms with Crippen molar-refractivity contribution in [3.63, 3.8) is 0 Å². The summed E-state index contributed by atoms with van der Waals surface area (Å²) in [7, 11) is 0. The van der Waals surface area contributed by atoms with E-state index in [0.717, 1.165) is 19.3 Å². The van der Waals surface area contributed by atoms with Gasteiger partial charge < -0.3 is 5.11 Å². The van der Waals surface area contributed by atoms with Crippen molar-refractivity contribution < 1.29 is 13.9 Å². The standard InChI is InChI=1S/C10H15BrF2O/c1-3-4-5-6-9(2,14)7-8-10(11,12)13/h14H,3-6H2,1-2H3. The van der Waals surface area contributed by atoms with Gasteiger partial charge in [-0.2, -0.15) is 8.78 Å². The maximum atomic E-state index is 12.3. The zero-order chi connectivity index (χ0) is 11.2. The van der Waals surface area contributed by atoms with E-state index >= 15 is 0 Å². The van der Waals surface area contributed by atoms with Crippen LogP contribution in [0.2, 0.25) is 0 Å². The van der Waals surface area contributed by atoms with Crippen LogP contribution in [0.1, 0.15) is 39.5 Å². The van der Waals surface area contributed by atoms with Gasteiger partial charge in [0.1, 0.15) is 5.60 Å². The topological polar surface area (TPSA) is 20.2 Å². The van der Waals surface area contributed by atoms with E-state index in [1.54, 1.807) is 5.92 Å². The molecule has 0 aromatic rings. The van der Waals surface area contributed by atoms with E-state index in [0.29, 0.717) is 6.42 Å². The number of hydrogen-bond donors (Lipinski definition) is 1. The van der Waals surface area contributed by atoms with Gasteiger partial charge >= 0.3 is 4.83 Å². The van der Waals surface area contributed by atoms with E-state index < -0.39 is 10.4 Å². The lowest BCUT2D eigenvalue weighted by atomic mass is 9.99. The van der Waals surface area contributed by atoms with Crippen LogP contribution in [0.4, 0.5) is 8.78 Å². The number of hydrogen-bond acceptors (Lipinski definition) is 1. The lowest BCUT2D eigenvalue weighted by molar-refractivity contribution is 0.107. The molecule has 1 N–H and O–H groups in total. The molecule has 0 radical (unpaired) electrons. The van der Waals surface area contributed by atoms with Crippen molar-refractivity contribution in [1.29, 1.82) is 0 Å². The van der Waals surface area contributed by atoms with Crippen molar-refractivity contribution in [2.45, 2.75) is 50.0 Å². The minimum atomic E-state index is -3.21. The molecule has 0 bridgehead atoms. The molecule has 82 valence electrons. The van der Waals surface area contributed by atoms with Gasteiger partial charge in [0.15, 0.2) is 0 Å². The highest BCUT2D eigenvalue weighted by molar-refractivity contribution is 9.10. The molecule has 4 heteroatoms. The molecule has 0 heterocycles. The third-order valence-corrected chi connectivity index (χ3v) is 1.94. The summed E-state index contributed by atoms with van der Waals surface area (Å²) in [6.45, 7) is 3.49. The molecule has 0 saturated carbocycles. The maximum absolute atomic E-state index is 12.3. The van der Waals surface area contributed by atoms with Crippen LogP contribution in [0.15, 0.2) is 0 Å². The number of halogens is 3. The van der Waals surface area contributed by atoms with Crippen molar-refractivity contribution in [3.8, 4) is 11.8 Å². The molecule has 1 nitrogen and oxygen atoms in total. The molecule has 0 aromatic heterocycles. The second-order valence-electron chi connectivity index (χ2n) is 3.48. The van der Waals surface area contributed by atoms with Crippen LogP contribution in [0.25, 0.3) is 0 Å². The largest absolute Gasteiger partial charge is 0.378 e. The van der Waals surface area contributed by atoms with Crippen LogP contribution in [-0.2, 0) is 0 Å². The van der Waals surface area contributed by atoms with Crippen LogP contribution in [0.5, 0.6) is 0 Å². The second-order valence-corrected chi connectivity index (χ2v) is 4.47. The van der Waals surface area contributed by atoms with Crippen LogP contribution in [0.3, 0.4) is 0 Å². The van der Waals surface area contributed by atoms with Gasteiger partial charge in [0.25, 0.3) is 0 Å². The van der Waals surface area contributed by atoms with Crippen LogP contribution in [0, 0.1) is 11.8 Å². The molecule has 0 spiro atoms. The van der Waals surface area contributed by atoms with Gasteiger partial charge in [0.2, 0.25) is 0 Å². The summed E-state index contributed by atoms with van der Waals surface area (Å²) >= 11 is 2.09. The molecule has 0 fully saturated rings. The summed E-state index contributed by atoms with van der Waals surface area (Å²) in [4.78, 5) is -3.21. The van der Waals surface area contributed by atoms with Crippen molar-refractivity contribution in [2.24, 2.45) is 0 Å². The van der Waals surface area contributed by atoms with Gasteiger partial charge in [-0.25, -0.2) is 0 Å². The highest BCUT2D eigenvalue weighted by atomic mass is 79.9. The minimum absolute atomic E-state index is 0.427. The molecule has 14 heavy (non-hydrogen) atoms.